The van der Waals surface area contributed by atoms with Gasteiger partial charge in [-0.25, -0.2) is 4.79 Å². The second-order valence-electron chi connectivity index (χ2n) is 4.53. The van der Waals surface area contributed by atoms with Crippen molar-refractivity contribution in [3.8, 4) is 5.75 Å². The number of rotatable bonds is 6. The molecule has 0 spiro atoms. The molecule has 0 saturated carbocycles. The van der Waals surface area contributed by atoms with Crippen LogP contribution in [0.4, 0.5) is 5.88 Å². The van der Waals surface area contributed by atoms with Gasteiger partial charge in [0.25, 0.3) is 5.91 Å². The Labute approximate surface area is 124 Å². The van der Waals surface area contributed by atoms with E-state index in [0.29, 0.717) is 0 Å². The van der Waals surface area contributed by atoms with Crippen molar-refractivity contribution in [3.05, 3.63) is 28.1 Å². The molecule has 2 aromatic heterocycles. The van der Waals surface area contributed by atoms with Crippen LogP contribution >= 0.6 is 11.3 Å². The standard InChI is InChI=1S/C13H14N2O5S/c1-7(2)8-5-11(20-15-8)14-10(16)6-19-9-3-4-21-12(9)13(17)18/h3-5,7H,6H2,1-2H3,(H,14,16)(H,17,18). The molecule has 2 N–H and O–H groups in total. The zero-order valence-electron chi connectivity index (χ0n) is 11.5. The van der Waals surface area contributed by atoms with Gasteiger partial charge in [-0.05, 0) is 17.4 Å². The van der Waals surface area contributed by atoms with E-state index in [4.69, 9.17) is 14.4 Å². The maximum Gasteiger partial charge on any atom is 0.349 e. The number of carboxylic acid groups (broad SMARTS) is 1. The van der Waals surface area contributed by atoms with Gasteiger partial charge >= 0.3 is 5.97 Å². The van der Waals surface area contributed by atoms with Crippen LogP contribution in [0.5, 0.6) is 5.75 Å². The van der Waals surface area contributed by atoms with E-state index in [1.807, 2.05) is 13.8 Å². The summed E-state index contributed by atoms with van der Waals surface area (Å²) in [7, 11) is 0. The molecule has 0 aromatic carbocycles. The smallest absolute Gasteiger partial charge is 0.349 e. The number of carboxylic acids is 1. The largest absolute Gasteiger partial charge is 0.482 e. The summed E-state index contributed by atoms with van der Waals surface area (Å²) in [5.41, 5.74) is 0.734. The zero-order chi connectivity index (χ0) is 15.4. The second kappa shape index (κ2) is 6.40. The van der Waals surface area contributed by atoms with Crippen LogP contribution in [-0.4, -0.2) is 28.7 Å². The van der Waals surface area contributed by atoms with Crippen LogP contribution in [0.15, 0.2) is 22.0 Å². The highest BCUT2D eigenvalue weighted by Crippen LogP contribution is 2.24. The Morgan fingerprint density at radius 2 is 2.29 bits per heavy atom. The molecule has 0 fully saturated rings. The van der Waals surface area contributed by atoms with E-state index in [1.165, 1.54) is 6.07 Å². The number of thiophene rings is 1. The number of carbonyl (C=O) groups excluding carboxylic acids is 1. The van der Waals surface area contributed by atoms with Crippen molar-refractivity contribution in [3.63, 3.8) is 0 Å². The van der Waals surface area contributed by atoms with E-state index >= 15 is 0 Å². The summed E-state index contributed by atoms with van der Waals surface area (Å²) in [5, 5.41) is 16.8. The van der Waals surface area contributed by atoms with Gasteiger partial charge in [0.2, 0.25) is 5.88 Å². The van der Waals surface area contributed by atoms with Crippen molar-refractivity contribution in [2.45, 2.75) is 19.8 Å². The second-order valence-corrected chi connectivity index (χ2v) is 5.44. The molecule has 2 rings (SSSR count). The molecular formula is C13H14N2O5S. The first-order valence-electron chi connectivity index (χ1n) is 6.17. The molecule has 21 heavy (non-hydrogen) atoms. The first-order chi connectivity index (χ1) is 9.97. The van der Waals surface area contributed by atoms with Crippen LogP contribution in [0, 0.1) is 0 Å². The Balaban J connectivity index is 1.89. The summed E-state index contributed by atoms with van der Waals surface area (Å²) < 4.78 is 10.1. The van der Waals surface area contributed by atoms with Gasteiger partial charge in [-0.1, -0.05) is 19.0 Å². The molecule has 0 aliphatic heterocycles. The number of aromatic nitrogens is 1. The Morgan fingerprint density at radius 3 is 2.90 bits per heavy atom. The van der Waals surface area contributed by atoms with Crippen molar-refractivity contribution in [1.82, 2.24) is 5.16 Å². The molecule has 8 heteroatoms. The molecule has 2 heterocycles. The summed E-state index contributed by atoms with van der Waals surface area (Å²) >= 11 is 1.04. The third-order valence-corrected chi connectivity index (χ3v) is 3.45. The number of nitrogens with one attached hydrogen (secondary N) is 1. The molecule has 7 nitrogen and oxygen atoms in total. The lowest BCUT2D eigenvalue weighted by atomic mass is 10.1. The number of ether oxygens (including phenoxy) is 1. The molecule has 1 amide bonds. The van der Waals surface area contributed by atoms with Crippen molar-refractivity contribution in [2.75, 3.05) is 11.9 Å². The molecule has 0 aliphatic rings. The van der Waals surface area contributed by atoms with E-state index in [0.717, 1.165) is 17.0 Å². The van der Waals surface area contributed by atoms with E-state index in [1.54, 1.807) is 11.4 Å². The molecule has 0 unspecified atom stereocenters. The minimum atomic E-state index is -1.09. The minimum absolute atomic E-state index is 0.0598. The monoisotopic (exact) mass is 310 g/mol. The first kappa shape index (κ1) is 15.0. The summed E-state index contributed by atoms with van der Waals surface area (Å²) in [6.07, 6.45) is 0. The number of anilines is 1. The Bertz CT molecular complexity index is 647. The lowest BCUT2D eigenvalue weighted by molar-refractivity contribution is -0.118. The fourth-order valence-electron chi connectivity index (χ4n) is 1.50. The molecule has 2 aromatic rings. The van der Waals surface area contributed by atoms with Gasteiger partial charge in [-0.2, -0.15) is 0 Å². The molecule has 0 aliphatic carbocycles. The summed E-state index contributed by atoms with van der Waals surface area (Å²) in [5.74, 6) is -0.944. The van der Waals surface area contributed by atoms with Crippen molar-refractivity contribution < 1.29 is 24.0 Å². The van der Waals surface area contributed by atoms with Crippen LogP contribution < -0.4 is 10.1 Å². The fourth-order valence-corrected chi connectivity index (χ4v) is 2.18. The predicted octanol–water partition coefficient (Wildman–Crippen LogP) is 2.58. The van der Waals surface area contributed by atoms with Gasteiger partial charge in [-0.3, -0.25) is 10.1 Å². The predicted molar refractivity (Wildman–Crippen MR) is 76.0 cm³/mol. The van der Waals surface area contributed by atoms with Crippen LogP contribution in [0.3, 0.4) is 0 Å². The summed E-state index contributed by atoms with van der Waals surface area (Å²) in [6.45, 7) is 3.60. The van der Waals surface area contributed by atoms with Gasteiger partial charge in [0, 0.05) is 6.07 Å². The number of amides is 1. The molecule has 0 radical (unpaired) electrons. The number of aromatic carboxylic acids is 1. The van der Waals surface area contributed by atoms with Gasteiger partial charge in [-0.15, -0.1) is 11.3 Å². The van der Waals surface area contributed by atoms with Crippen LogP contribution in [0.2, 0.25) is 0 Å². The maximum absolute atomic E-state index is 11.7. The van der Waals surface area contributed by atoms with Gasteiger partial charge in [0.05, 0.1) is 5.69 Å². The average Bonchev–Trinajstić information content (AvgIpc) is 3.04. The third kappa shape index (κ3) is 3.82. The van der Waals surface area contributed by atoms with E-state index in [2.05, 4.69) is 10.5 Å². The zero-order valence-corrected chi connectivity index (χ0v) is 12.3. The first-order valence-corrected chi connectivity index (χ1v) is 7.05. The summed E-state index contributed by atoms with van der Waals surface area (Å²) in [4.78, 5) is 22.7. The van der Waals surface area contributed by atoms with E-state index in [9.17, 15) is 9.59 Å². The fraction of sp³-hybridized carbons (Fsp3) is 0.308. The van der Waals surface area contributed by atoms with Crippen LogP contribution in [0.25, 0.3) is 0 Å². The van der Waals surface area contributed by atoms with Crippen molar-refractivity contribution >= 4 is 29.1 Å². The highest BCUT2D eigenvalue weighted by Gasteiger charge is 2.15. The molecule has 0 saturated heterocycles. The SMILES string of the molecule is CC(C)c1cc(NC(=O)COc2ccsc2C(=O)O)on1. The third-order valence-electron chi connectivity index (χ3n) is 2.56. The van der Waals surface area contributed by atoms with E-state index < -0.39 is 11.9 Å². The highest BCUT2D eigenvalue weighted by atomic mass is 32.1. The Kier molecular flexibility index (Phi) is 4.59. The molecular weight excluding hydrogens is 296 g/mol. The van der Waals surface area contributed by atoms with Crippen molar-refractivity contribution in [2.24, 2.45) is 0 Å². The Hall–Kier alpha value is -2.35. The number of nitrogens with zero attached hydrogens (tertiary/aromatic N) is 1. The van der Waals surface area contributed by atoms with Gasteiger partial charge in [0.15, 0.2) is 11.5 Å². The Morgan fingerprint density at radius 1 is 1.52 bits per heavy atom. The average molecular weight is 310 g/mol. The normalized spacial score (nSPS) is 10.6. The van der Waals surface area contributed by atoms with Crippen LogP contribution in [0.1, 0.15) is 35.1 Å². The van der Waals surface area contributed by atoms with Crippen LogP contribution in [-0.2, 0) is 4.79 Å². The summed E-state index contributed by atoms with van der Waals surface area (Å²) in [6, 6.07) is 3.14. The van der Waals surface area contributed by atoms with Crippen molar-refractivity contribution in [1.29, 1.82) is 0 Å². The molecule has 0 bridgehead atoms. The number of hydrogen-bond donors (Lipinski definition) is 2. The topological polar surface area (TPSA) is 102 Å². The lowest BCUT2D eigenvalue weighted by Crippen LogP contribution is -2.20. The quantitative estimate of drug-likeness (QED) is 0.850. The molecule has 112 valence electrons. The maximum atomic E-state index is 11.7. The number of hydrogen-bond acceptors (Lipinski definition) is 6. The van der Waals surface area contributed by atoms with E-state index in [-0.39, 0.29) is 29.0 Å². The minimum Gasteiger partial charge on any atom is -0.482 e. The van der Waals surface area contributed by atoms with Gasteiger partial charge < -0.3 is 14.4 Å². The number of carbonyl (C=O) groups is 2. The lowest BCUT2D eigenvalue weighted by Gasteiger charge is -2.04. The molecule has 0 atom stereocenters. The van der Waals surface area contributed by atoms with Gasteiger partial charge in [0.1, 0.15) is 5.75 Å². The highest BCUT2D eigenvalue weighted by molar-refractivity contribution is 7.12.